The van der Waals surface area contributed by atoms with Crippen LogP contribution in [0.3, 0.4) is 0 Å². The van der Waals surface area contributed by atoms with Crippen molar-refractivity contribution in [3.8, 4) is 0 Å². The predicted octanol–water partition coefficient (Wildman–Crippen LogP) is 2.53. The van der Waals surface area contributed by atoms with Gasteiger partial charge in [0.05, 0.1) is 17.6 Å². The highest BCUT2D eigenvalue weighted by Gasteiger charge is 2.09. The van der Waals surface area contributed by atoms with Crippen LogP contribution in [-0.2, 0) is 10.0 Å². The van der Waals surface area contributed by atoms with Crippen LogP contribution in [0.25, 0.3) is 0 Å². The molecule has 2 aromatic rings. The summed E-state index contributed by atoms with van der Waals surface area (Å²) in [5, 5.41) is 8.58. The summed E-state index contributed by atoms with van der Waals surface area (Å²) in [4.78, 5) is 14.1. The molecule has 8 heteroatoms. The molecule has 23 heavy (non-hydrogen) atoms. The number of aromatic carboxylic acids is 1. The smallest absolute Gasteiger partial charge is 0.354 e. The number of anilines is 1. The number of benzene rings is 1. The number of pyridine rings is 1. The van der Waals surface area contributed by atoms with Crippen molar-refractivity contribution in [1.82, 2.24) is 4.98 Å². The lowest BCUT2D eigenvalue weighted by Gasteiger charge is -2.05. The van der Waals surface area contributed by atoms with Crippen LogP contribution >= 0.6 is 0 Å². The number of nitrogens with zero attached hydrogens (tertiary/aromatic N) is 1. The molecule has 1 heterocycles. The minimum Gasteiger partial charge on any atom is -0.477 e. The van der Waals surface area contributed by atoms with Gasteiger partial charge in [0.1, 0.15) is 11.5 Å². The maximum atomic E-state index is 11.9. The van der Waals surface area contributed by atoms with E-state index in [0.717, 1.165) is 6.20 Å². The number of nitrogens with one attached hydrogen (secondary N) is 1. The third kappa shape index (κ3) is 7.18. The van der Waals surface area contributed by atoms with E-state index in [9.17, 15) is 17.6 Å². The highest BCUT2D eigenvalue weighted by Crippen LogP contribution is 2.08. The van der Waals surface area contributed by atoms with Crippen molar-refractivity contribution < 1.29 is 22.7 Å². The van der Waals surface area contributed by atoms with Gasteiger partial charge in [-0.1, -0.05) is 24.3 Å². The summed E-state index contributed by atoms with van der Waals surface area (Å²) in [6, 6.07) is 10.5. The van der Waals surface area contributed by atoms with E-state index in [2.05, 4.69) is 16.3 Å². The van der Waals surface area contributed by atoms with Crippen molar-refractivity contribution >= 4 is 21.7 Å². The molecule has 2 rings (SSSR count). The summed E-state index contributed by atoms with van der Waals surface area (Å²) in [6.45, 7) is 3.31. The molecule has 0 fully saturated rings. The molecule has 0 radical (unpaired) electrons. The molecule has 0 aliphatic rings. The lowest BCUT2D eigenvalue weighted by Crippen LogP contribution is -2.15. The first kappa shape index (κ1) is 18.3. The van der Waals surface area contributed by atoms with Crippen molar-refractivity contribution in [2.45, 2.75) is 0 Å². The molecule has 0 bridgehead atoms. The third-order valence-electron chi connectivity index (χ3n) is 2.33. The molecule has 0 spiro atoms. The maximum Gasteiger partial charge on any atom is 0.354 e. The molecule has 1 aromatic carbocycles. The Balaban J connectivity index is 0.000000313. The molecule has 0 saturated carbocycles. The molecule has 0 unspecified atom stereocenters. The van der Waals surface area contributed by atoms with Gasteiger partial charge in [-0.3, -0.25) is 4.72 Å². The molecule has 0 atom stereocenters. The van der Waals surface area contributed by atoms with Crippen LogP contribution in [0.2, 0.25) is 0 Å². The average molecular weight is 338 g/mol. The molecule has 0 aliphatic carbocycles. The van der Waals surface area contributed by atoms with Gasteiger partial charge < -0.3 is 5.11 Å². The third-order valence-corrected chi connectivity index (χ3v) is 3.55. The number of hydrogen-bond donors (Lipinski definition) is 2. The van der Waals surface area contributed by atoms with E-state index in [0.29, 0.717) is 0 Å². The van der Waals surface area contributed by atoms with E-state index < -0.39 is 16.0 Å². The van der Waals surface area contributed by atoms with Crippen LogP contribution in [0.4, 0.5) is 10.1 Å². The number of halogens is 1. The second-order valence-electron chi connectivity index (χ2n) is 4.20. The highest BCUT2D eigenvalue weighted by atomic mass is 32.2. The first-order valence-electron chi connectivity index (χ1n) is 6.35. The monoisotopic (exact) mass is 338 g/mol. The molecule has 6 nitrogen and oxygen atoms in total. The Morgan fingerprint density at radius 3 is 2.30 bits per heavy atom. The Hall–Kier alpha value is -2.74. The molecule has 2 N–H and O–H groups in total. The maximum absolute atomic E-state index is 11.9. The zero-order valence-corrected chi connectivity index (χ0v) is 12.8. The zero-order valence-electron chi connectivity index (χ0n) is 12.0. The summed E-state index contributed by atoms with van der Waals surface area (Å²) >= 11 is 0. The predicted molar refractivity (Wildman–Crippen MR) is 85.2 cm³/mol. The van der Waals surface area contributed by atoms with E-state index in [1.165, 1.54) is 30.3 Å². The van der Waals surface area contributed by atoms with E-state index >= 15 is 0 Å². The number of aromatic nitrogens is 1. The Morgan fingerprint density at radius 2 is 1.91 bits per heavy atom. The second kappa shape index (κ2) is 8.64. The minimum atomic E-state index is -3.47. The van der Waals surface area contributed by atoms with Crippen molar-refractivity contribution in [2.24, 2.45) is 0 Å². The van der Waals surface area contributed by atoms with Gasteiger partial charge in [0.25, 0.3) is 0 Å². The quantitative estimate of drug-likeness (QED) is 0.817. The lowest BCUT2D eigenvalue weighted by atomic mass is 10.3. The average Bonchev–Trinajstić information content (AvgIpc) is 2.48. The van der Waals surface area contributed by atoms with Gasteiger partial charge in [-0.05, 0) is 24.3 Å². The minimum absolute atomic E-state index is 0.147. The van der Waals surface area contributed by atoms with Gasteiger partial charge in [-0.15, -0.1) is 6.58 Å². The summed E-state index contributed by atoms with van der Waals surface area (Å²) in [5.74, 6) is -1.56. The van der Waals surface area contributed by atoms with Crippen molar-refractivity contribution in [3.63, 3.8) is 0 Å². The van der Waals surface area contributed by atoms with Crippen LogP contribution in [0, 0.1) is 5.82 Å². The van der Waals surface area contributed by atoms with Gasteiger partial charge in [-0.25, -0.2) is 22.6 Å². The molecule has 1 aromatic heterocycles. The van der Waals surface area contributed by atoms with Gasteiger partial charge >= 0.3 is 5.97 Å². The van der Waals surface area contributed by atoms with E-state index in [1.54, 1.807) is 18.2 Å². The van der Waals surface area contributed by atoms with Gasteiger partial charge in [0.15, 0.2) is 0 Å². The van der Waals surface area contributed by atoms with E-state index in [-0.39, 0.29) is 23.0 Å². The molecule has 0 saturated heterocycles. The number of carboxylic acid groups (broad SMARTS) is 1. The Morgan fingerprint density at radius 1 is 1.26 bits per heavy atom. The molecular formula is C15H15FN2O4S. The molecular weight excluding hydrogens is 323 g/mol. The summed E-state index contributed by atoms with van der Waals surface area (Å²) in [6.07, 6.45) is 2.39. The standard InChI is InChI=1S/C9H10N2O4S.C6H5F/c1-2-5-16(14,15)11-7-3-4-8(9(12)13)10-6-7;7-6-4-2-1-3-5-6/h2-4,6,11H,1,5H2,(H,12,13);1-5H. The Labute approximate surface area is 133 Å². The highest BCUT2D eigenvalue weighted by molar-refractivity contribution is 7.92. The fourth-order valence-electron chi connectivity index (χ4n) is 1.37. The number of sulfonamides is 1. The Bertz CT molecular complexity index is 747. The molecule has 0 amide bonds. The normalized spacial score (nSPS) is 10.1. The van der Waals surface area contributed by atoms with Crippen LogP contribution in [0.5, 0.6) is 0 Å². The van der Waals surface area contributed by atoms with E-state index in [4.69, 9.17) is 5.11 Å². The molecule has 122 valence electrons. The first-order valence-corrected chi connectivity index (χ1v) is 8.00. The first-order chi connectivity index (χ1) is 10.8. The number of rotatable bonds is 5. The van der Waals surface area contributed by atoms with Crippen LogP contribution in [0.15, 0.2) is 61.3 Å². The van der Waals surface area contributed by atoms with Gasteiger partial charge in [0, 0.05) is 0 Å². The van der Waals surface area contributed by atoms with E-state index in [1.807, 2.05) is 0 Å². The zero-order chi connectivity index (χ0) is 17.3. The van der Waals surface area contributed by atoms with Crippen molar-refractivity contribution in [1.29, 1.82) is 0 Å². The summed E-state index contributed by atoms with van der Waals surface area (Å²) in [7, 11) is -3.47. The van der Waals surface area contributed by atoms with Crippen LogP contribution < -0.4 is 4.72 Å². The fraction of sp³-hybridized carbons (Fsp3) is 0.0667. The van der Waals surface area contributed by atoms with Crippen LogP contribution in [-0.4, -0.2) is 30.2 Å². The topological polar surface area (TPSA) is 96.4 Å². The molecule has 0 aliphatic heterocycles. The van der Waals surface area contributed by atoms with Crippen molar-refractivity contribution in [3.05, 3.63) is 72.8 Å². The SMILES string of the molecule is C=CCS(=O)(=O)Nc1ccc(C(=O)O)nc1.Fc1ccccc1. The summed E-state index contributed by atoms with van der Waals surface area (Å²) < 4.78 is 36.7. The number of carbonyl (C=O) groups is 1. The lowest BCUT2D eigenvalue weighted by molar-refractivity contribution is 0.0690. The number of carboxylic acids is 1. The Kier molecular flexibility index (Phi) is 6.88. The number of hydrogen-bond acceptors (Lipinski definition) is 4. The summed E-state index contributed by atoms with van der Waals surface area (Å²) in [5.41, 5.74) is 0.0681. The van der Waals surface area contributed by atoms with Gasteiger partial charge in [-0.2, -0.15) is 0 Å². The van der Waals surface area contributed by atoms with Crippen molar-refractivity contribution in [2.75, 3.05) is 10.5 Å². The fourth-order valence-corrected chi connectivity index (χ4v) is 2.25. The van der Waals surface area contributed by atoms with Crippen LogP contribution in [0.1, 0.15) is 10.5 Å². The van der Waals surface area contributed by atoms with Gasteiger partial charge in [0.2, 0.25) is 10.0 Å². The second-order valence-corrected chi connectivity index (χ2v) is 5.97. The largest absolute Gasteiger partial charge is 0.477 e.